The molecule has 1 aromatic heterocycles. The van der Waals surface area contributed by atoms with Crippen LogP contribution in [0.3, 0.4) is 0 Å². The summed E-state index contributed by atoms with van der Waals surface area (Å²) in [4.78, 5) is 6.51. The molecular formula is C15H18ClN3. The van der Waals surface area contributed by atoms with E-state index in [-0.39, 0.29) is 6.04 Å². The van der Waals surface area contributed by atoms with Gasteiger partial charge in [-0.05, 0) is 31.5 Å². The zero-order valence-corrected chi connectivity index (χ0v) is 11.9. The predicted molar refractivity (Wildman–Crippen MR) is 81.4 cm³/mol. The van der Waals surface area contributed by atoms with Gasteiger partial charge in [0, 0.05) is 12.6 Å². The summed E-state index contributed by atoms with van der Waals surface area (Å²) in [5.74, 6) is 0.742. The lowest BCUT2D eigenvalue weighted by Crippen LogP contribution is -2.31. The van der Waals surface area contributed by atoms with Gasteiger partial charge >= 0.3 is 0 Å². The third-order valence-corrected chi connectivity index (χ3v) is 3.17. The molecule has 0 amide bonds. The van der Waals surface area contributed by atoms with Crippen molar-refractivity contribution in [2.75, 3.05) is 10.6 Å². The maximum absolute atomic E-state index is 6.02. The summed E-state index contributed by atoms with van der Waals surface area (Å²) in [5, 5.41) is 0.461. The molecule has 0 atom stereocenters. The van der Waals surface area contributed by atoms with Crippen molar-refractivity contribution in [3.05, 3.63) is 53.2 Å². The van der Waals surface area contributed by atoms with E-state index in [0.717, 1.165) is 12.4 Å². The molecule has 0 bridgehead atoms. The summed E-state index contributed by atoms with van der Waals surface area (Å²) >= 11 is 5.98. The minimum absolute atomic E-state index is 0.286. The molecule has 2 rings (SSSR count). The highest BCUT2D eigenvalue weighted by atomic mass is 35.5. The van der Waals surface area contributed by atoms with E-state index in [2.05, 4.69) is 35.9 Å². The molecule has 0 unspecified atom stereocenters. The maximum Gasteiger partial charge on any atom is 0.154 e. The standard InChI is InChI=1S/C15H18ClN3/c1-11(2)19(10-12-6-4-3-5-7-12)15-13(17)8-9-14(16)18-15/h3-9,11H,10,17H2,1-2H3. The second kappa shape index (κ2) is 5.93. The monoisotopic (exact) mass is 275 g/mol. The molecule has 100 valence electrons. The van der Waals surface area contributed by atoms with Crippen molar-refractivity contribution in [1.82, 2.24) is 4.98 Å². The quantitative estimate of drug-likeness (QED) is 0.865. The van der Waals surface area contributed by atoms with Gasteiger partial charge in [0.15, 0.2) is 5.82 Å². The van der Waals surface area contributed by atoms with Crippen molar-refractivity contribution in [3.63, 3.8) is 0 Å². The molecule has 0 aliphatic heterocycles. The van der Waals surface area contributed by atoms with E-state index in [1.807, 2.05) is 18.2 Å². The Kier molecular flexibility index (Phi) is 4.27. The van der Waals surface area contributed by atoms with Gasteiger partial charge in [0.25, 0.3) is 0 Å². The van der Waals surface area contributed by atoms with Crippen LogP contribution in [0.15, 0.2) is 42.5 Å². The molecule has 1 heterocycles. The SMILES string of the molecule is CC(C)N(Cc1ccccc1)c1nc(Cl)ccc1N. The molecule has 0 saturated carbocycles. The zero-order valence-electron chi connectivity index (χ0n) is 11.2. The van der Waals surface area contributed by atoms with E-state index < -0.39 is 0 Å². The first kappa shape index (κ1) is 13.7. The van der Waals surface area contributed by atoms with E-state index in [9.17, 15) is 0 Å². The number of rotatable bonds is 4. The fourth-order valence-corrected chi connectivity index (χ4v) is 2.09. The minimum Gasteiger partial charge on any atom is -0.396 e. The van der Waals surface area contributed by atoms with Crippen molar-refractivity contribution >= 4 is 23.1 Å². The Balaban J connectivity index is 2.32. The Hall–Kier alpha value is -1.74. The van der Waals surface area contributed by atoms with Crippen LogP contribution in [0.4, 0.5) is 11.5 Å². The van der Waals surface area contributed by atoms with Crippen LogP contribution in [0.1, 0.15) is 19.4 Å². The van der Waals surface area contributed by atoms with Crippen LogP contribution in [0, 0.1) is 0 Å². The maximum atomic E-state index is 6.02. The van der Waals surface area contributed by atoms with Crippen molar-refractivity contribution in [2.24, 2.45) is 0 Å². The minimum atomic E-state index is 0.286. The molecule has 2 aromatic rings. The number of anilines is 2. The van der Waals surface area contributed by atoms with Crippen LogP contribution in [0.5, 0.6) is 0 Å². The largest absolute Gasteiger partial charge is 0.396 e. The molecule has 0 aliphatic rings. The Bertz CT molecular complexity index is 540. The number of benzene rings is 1. The molecule has 0 radical (unpaired) electrons. The second-order valence-corrected chi connectivity index (χ2v) is 5.14. The molecule has 0 fully saturated rings. The lowest BCUT2D eigenvalue weighted by Gasteiger charge is -2.29. The Morgan fingerprint density at radius 3 is 2.47 bits per heavy atom. The van der Waals surface area contributed by atoms with Crippen molar-refractivity contribution in [2.45, 2.75) is 26.4 Å². The average molecular weight is 276 g/mol. The number of hydrogen-bond acceptors (Lipinski definition) is 3. The number of nitrogens with zero attached hydrogens (tertiary/aromatic N) is 2. The van der Waals surface area contributed by atoms with Crippen LogP contribution in [-0.2, 0) is 6.54 Å². The van der Waals surface area contributed by atoms with Gasteiger partial charge in [-0.3, -0.25) is 0 Å². The van der Waals surface area contributed by atoms with E-state index in [1.54, 1.807) is 12.1 Å². The second-order valence-electron chi connectivity index (χ2n) is 4.75. The molecule has 3 nitrogen and oxygen atoms in total. The number of pyridine rings is 1. The Labute approximate surface area is 119 Å². The van der Waals surface area contributed by atoms with Gasteiger partial charge in [0.1, 0.15) is 5.15 Å². The van der Waals surface area contributed by atoms with E-state index in [0.29, 0.717) is 10.8 Å². The van der Waals surface area contributed by atoms with Crippen molar-refractivity contribution in [1.29, 1.82) is 0 Å². The highest BCUT2D eigenvalue weighted by Gasteiger charge is 2.15. The molecular weight excluding hydrogens is 258 g/mol. The number of aromatic nitrogens is 1. The zero-order chi connectivity index (χ0) is 13.8. The first-order valence-electron chi connectivity index (χ1n) is 6.30. The number of hydrogen-bond donors (Lipinski definition) is 1. The van der Waals surface area contributed by atoms with E-state index >= 15 is 0 Å². The first-order chi connectivity index (χ1) is 9.08. The normalized spacial score (nSPS) is 10.7. The van der Waals surface area contributed by atoms with Gasteiger partial charge in [-0.2, -0.15) is 0 Å². The van der Waals surface area contributed by atoms with Gasteiger partial charge in [-0.1, -0.05) is 41.9 Å². The van der Waals surface area contributed by atoms with Crippen molar-refractivity contribution < 1.29 is 0 Å². The smallest absolute Gasteiger partial charge is 0.154 e. The Morgan fingerprint density at radius 2 is 1.84 bits per heavy atom. The fourth-order valence-electron chi connectivity index (χ4n) is 1.95. The van der Waals surface area contributed by atoms with Gasteiger partial charge in [-0.25, -0.2) is 4.98 Å². The number of nitrogens with two attached hydrogens (primary N) is 1. The number of halogens is 1. The summed E-state index contributed by atoms with van der Waals surface area (Å²) < 4.78 is 0. The van der Waals surface area contributed by atoms with Gasteiger partial charge < -0.3 is 10.6 Å². The highest BCUT2D eigenvalue weighted by Crippen LogP contribution is 2.26. The molecule has 19 heavy (non-hydrogen) atoms. The van der Waals surface area contributed by atoms with Crippen LogP contribution in [-0.4, -0.2) is 11.0 Å². The summed E-state index contributed by atoms with van der Waals surface area (Å²) in [5.41, 5.74) is 7.89. The molecule has 4 heteroatoms. The van der Waals surface area contributed by atoms with Gasteiger partial charge in [0.05, 0.1) is 5.69 Å². The highest BCUT2D eigenvalue weighted by molar-refractivity contribution is 6.29. The summed E-state index contributed by atoms with van der Waals surface area (Å²) in [7, 11) is 0. The van der Waals surface area contributed by atoms with Crippen LogP contribution in [0.2, 0.25) is 5.15 Å². The van der Waals surface area contributed by atoms with Gasteiger partial charge in [-0.15, -0.1) is 0 Å². The van der Waals surface area contributed by atoms with Crippen molar-refractivity contribution in [3.8, 4) is 0 Å². The third kappa shape index (κ3) is 3.38. The molecule has 2 N–H and O–H groups in total. The van der Waals surface area contributed by atoms with Crippen LogP contribution < -0.4 is 10.6 Å². The first-order valence-corrected chi connectivity index (χ1v) is 6.68. The lowest BCUT2D eigenvalue weighted by atomic mass is 10.2. The third-order valence-electron chi connectivity index (χ3n) is 2.96. The molecule has 0 spiro atoms. The lowest BCUT2D eigenvalue weighted by molar-refractivity contribution is 0.674. The number of nitrogen functional groups attached to an aromatic ring is 1. The van der Waals surface area contributed by atoms with Crippen LogP contribution >= 0.6 is 11.6 Å². The topological polar surface area (TPSA) is 42.2 Å². The summed E-state index contributed by atoms with van der Waals surface area (Å²) in [6.45, 7) is 4.99. The summed E-state index contributed by atoms with van der Waals surface area (Å²) in [6, 6.07) is 14.0. The Morgan fingerprint density at radius 1 is 1.16 bits per heavy atom. The molecule has 0 aliphatic carbocycles. The van der Waals surface area contributed by atoms with Gasteiger partial charge in [0.2, 0.25) is 0 Å². The molecule has 0 saturated heterocycles. The molecule has 1 aromatic carbocycles. The van der Waals surface area contributed by atoms with Crippen LogP contribution in [0.25, 0.3) is 0 Å². The summed E-state index contributed by atoms with van der Waals surface area (Å²) in [6.07, 6.45) is 0. The van der Waals surface area contributed by atoms with E-state index in [4.69, 9.17) is 17.3 Å². The average Bonchev–Trinajstić information content (AvgIpc) is 2.40. The van der Waals surface area contributed by atoms with E-state index in [1.165, 1.54) is 5.56 Å². The fraction of sp³-hybridized carbons (Fsp3) is 0.267. The predicted octanol–water partition coefficient (Wildman–Crippen LogP) is 3.73.